The van der Waals surface area contributed by atoms with Gasteiger partial charge < -0.3 is 20.4 Å². The molecule has 2 fully saturated rings. The Morgan fingerprint density at radius 2 is 1.75 bits per heavy atom. The molecule has 0 atom stereocenters. The molecule has 0 radical (unpaired) electrons. The fourth-order valence-corrected chi connectivity index (χ4v) is 3.40. The number of allylic oxidation sites excluding steroid dienone is 1. The fourth-order valence-electron chi connectivity index (χ4n) is 3.40. The van der Waals surface area contributed by atoms with E-state index in [2.05, 4.69) is 45.7 Å². The molecule has 1 aliphatic carbocycles. The van der Waals surface area contributed by atoms with Gasteiger partial charge in [-0.05, 0) is 50.1 Å². The number of anilines is 2. The Kier molecular flexibility index (Phi) is 5.75. The predicted octanol–water partition coefficient (Wildman–Crippen LogP) is 3.26. The number of carbonyl (C=O) groups excluding carboxylic acids is 1. The highest BCUT2D eigenvalue weighted by atomic mass is 16.2. The van der Waals surface area contributed by atoms with E-state index >= 15 is 0 Å². The van der Waals surface area contributed by atoms with Gasteiger partial charge in [-0.2, -0.15) is 0 Å². The Bertz CT molecular complexity index is 555. The number of rotatable bonds is 4. The number of hydrogen-bond acceptors (Lipinski definition) is 3. The lowest BCUT2D eigenvalue weighted by molar-refractivity contribution is 0.255. The molecule has 0 bridgehead atoms. The number of amides is 2. The summed E-state index contributed by atoms with van der Waals surface area (Å²) in [6.07, 6.45) is 9.00. The van der Waals surface area contributed by atoms with Crippen molar-refractivity contribution < 1.29 is 4.79 Å². The number of nitrogens with zero attached hydrogens (tertiary/aromatic N) is 2. The van der Waals surface area contributed by atoms with Crippen molar-refractivity contribution in [2.45, 2.75) is 25.7 Å². The van der Waals surface area contributed by atoms with E-state index in [-0.39, 0.29) is 6.03 Å². The Labute approximate surface area is 144 Å². The minimum Gasteiger partial charge on any atom is -0.369 e. The predicted molar refractivity (Wildman–Crippen MR) is 99.4 cm³/mol. The zero-order valence-electron chi connectivity index (χ0n) is 14.5. The highest BCUT2D eigenvalue weighted by Gasteiger charge is 2.14. The second-order valence-electron chi connectivity index (χ2n) is 6.84. The van der Waals surface area contributed by atoms with Crippen LogP contribution in [0, 0.1) is 5.92 Å². The lowest BCUT2D eigenvalue weighted by atomic mass is 10.1. The summed E-state index contributed by atoms with van der Waals surface area (Å²) >= 11 is 0. The highest BCUT2D eigenvalue weighted by molar-refractivity contribution is 5.90. The van der Waals surface area contributed by atoms with E-state index < -0.39 is 0 Å². The molecule has 1 saturated carbocycles. The van der Waals surface area contributed by atoms with Gasteiger partial charge in [-0.25, -0.2) is 4.79 Å². The van der Waals surface area contributed by atoms with Crippen LogP contribution in [0.15, 0.2) is 36.5 Å². The van der Waals surface area contributed by atoms with Crippen LogP contribution in [0.5, 0.6) is 0 Å². The molecule has 5 nitrogen and oxygen atoms in total. The van der Waals surface area contributed by atoms with E-state index in [1.807, 2.05) is 12.1 Å². The van der Waals surface area contributed by atoms with Gasteiger partial charge >= 0.3 is 6.03 Å². The molecule has 0 unspecified atom stereocenters. The molecule has 1 aromatic rings. The lowest BCUT2D eigenvalue weighted by Gasteiger charge is -2.34. The molecule has 2 aliphatic rings. The van der Waals surface area contributed by atoms with Crippen LogP contribution in [-0.2, 0) is 0 Å². The SMILES string of the molecule is CN1CCN(c2ccc(NC(=O)N/C=C/C3CCCC3)cc2)CC1. The summed E-state index contributed by atoms with van der Waals surface area (Å²) in [5.41, 5.74) is 2.04. The van der Waals surface area contributed by atoms with Crippen molar-refractivity contribution in [2.24, 2.45) is 5.92 Å². The number of piperazine rings is 1. The summed E-state index contributed by atoms with van der Waals surface area (Å²) in [5.74, 6) is 0.633. The minimum absolute atomic E-state index is 0.184. The maximum atomic E-state index is 11.9. The zero-order chi connectivity index (χ0) is 16.8. The van der Waals surface area contributed by atoms with Crippen LogP contribution in [0.25, 0.3) is 0 Å². The first-order valence-corrected chi connectivity index (χ1v) is 8.98. The summed E-state index contributed by atoms with van der Waals surface area (Å²) in [7, 11) is 2.16. The first-order valence-electron chi connectivity index (χ1n) is 8.98. The number of likely N-dealkylation sites (N-methyl/N-ethyl adjacent to an activating group) is 1. The van der Waals surface area contributed by atoms with E-state index in [4.69, 9.17) is 0 Å². The first-order chi connectivity index (χ1) is 11.7. The third kappa shape index (κ3) is 4.74. The van der Waals surface area contributed by atoms with Gasteiger partial charge in [0.25, 0.3) is 0 Å². The molecule has 5 heteroatoms. The average Bonchev–Trinajstić information content (AvgIpc) is 3.10. The molecular weight excluding hydrogens is 300 g/mol. The van der Waals surface area contributed by atoms with Crippen LogP contribution >= 0.6 is 0 Å². The van der Waals surface area contributed by atoms with Crippen LogP contribution in [0.1, 0.15) is 25.7 Å². The monoisotopic (exact) mass is 328 g/mol. The maximum Gasteiger partial charge on any atom is 0.323 e. The second-order valence-corrected chi connectivity index (χ2v) is 6.84. The fraction of sp³-hybridized carbons (Fsp3) is 0.526. The molecule has 1 saturated heterocycles. The Morgan fingerprint density at radius 1 is 1.08 bits per heavy atom. The average molecular weight is 328 g/mol. The van der Waals surface area contributed by atoms with E-state index in [0.717, 1.165) is 31.9 Å². The normalized spacial score (nSPS) is 19.8. The number of benzene rings is 1. The standard InChI is InChI=1S/C19H28N4O/c1-22-12-14-23(15-13-22)18-8-6-17(7-9-18)21-19(24)20-11-10-16-4-2-3-5-16/h6-11,16H,2-5,12-15H2,1H3,(H2,20,21,24)/b11-10+. The maximum absolute atomic E-state index is 11.9. The van der Waals surface area contributed by atoms with Crippen molar-refractivity contribution in [3.05, 3.63) is 36.5 Å². The Balaban J connectivity index is 1.45. The second kappa shape index (κ2) is 8.20. The van der Waals surface area contributed by atoms with Crippen LogP contribution in [0.4, 0.5) is 16.2 Å². The molecule has 0 spiro atoms. The molecule has 1 aliphatic heterocycles. The van der Waals surface area contributed by atoms with Gasteiger partial charge in [-0.1, -0.05) is 18.9 Å². The van der Waals surface area contributed by atoms with Gasteiger partial charge in [0.2, 0.25) is 0 Å². The highest BCUT2D eigenvalue weighted by Crippen LogP contribution is 2.25. The van der Waals surface area contributed by atoms with E-state index in [1.54, 1.807) is 6.20 Å². The molecule has 2 N–H and O–H groups in total. The van der Waals surface area contributed by atoms with Crippen molar-refractivity contribution in [1.82, 2.24) is 10.2 Å². The molecule has 3 rings (SSSR count). The molecule has 130 valence electrons. The molecule has 2 amide bonds. The first kappa shape index (κ1) is 16.8. The number of carbonyl (C=O) groups is 1. The Morgan fingerprint density at radius 3 is 2.42 bits per heavy atom. The minimum atomic E-state index is -0.184. The molecule has 24 heavy (non-hydrogen) atoms. The van der Waals surface area contributed by atoms with Crippen molar-refractivity contribution in [2.75, 3.05) is 43.4 Å². The topological polar surface area (TPSA) is 47.6 Å². The van der Waals surface area contributed by atoms with Gasteiger partial charge in [0.1, 0.15) is 0 Å². The van der Waals surface area contributed by atoms with E-state index in [9.17, 15) is 4.79 Å². The van der Waals surface area contributed by atoms with Crippen molar-refractivity contribution in [1.29, 1.82) is 0 Å². The van der Waals surface area contributed by atoms with E-state index in [0.29, 0.717) is 5.92 Å². The van der Waals surface area contributed by atoms with Crippen molar-refractivity contribution >= 4 is 17.4 Å². The summed E-state index contributed by atoms with van der Waals surface area (Å²) < 4.78 is 0. The molecular formula is C19H28N4O. The quantitative estimate of drug-likeness (QED) is 0.892. The third-order valence-electron chi connectivity index (χ3n) is 4.98. The van der Waals surface area contributed by atoms with Gasteiger partial charge in [-0.3, -0.25) is 0 Å². The zero-order valence-corrected chi connectivity index (χ0v) is 14.5. The molecule has 0 aromatic heterocycles. The van der Waals surface area contributed by atoms with Crippen molar-refractivity contribution in [3.63, 3.8) is 0 Å². The van der Waals surface area contributed by atoms with Crippen LogP contribution in [0.3, 0.4) is 0 Å². The van der Waals surface area contributed by atoms with Gasteiger partial charge in [0.05, 0.1) is 0 Å². The van der Waals surface area contributed by atoms with Crippen LogP contribution < -0.4 is 15.5 Å². The van der Waals surface area contributed by atoms with Crippen LogP contribution in [-0.4, -0.2) is 44.2 Å². The van der Waals surface area contributed by atoms with E-state index in [1.165, 1.54) is 31.4 Å². The van der Waals surface area contributed by atoms with Crippen molar-refractivity contribution in [3.8, 4) is 0 Å². The number of urea groups is 1. The van der Waals surface area contributed by atoms with Gasteiger partial charge in [0, 0.05) is 43.8 Å². The number of nitrogens with one attached hydrogen (secondary N) is 2. The summed E-state index contributed by atoms with van der Waals surface area (Å²) in [6, 6.07) is 7.91. The van der Waals surface area contributed by atoms with Gasteiger partial charge in [0.15, 0.2) is 0 Å². The number of hydrogen-bond donors (Lipinski definition) is 2. The molecule has 1 aromatic carbocycles. The largest absolute Gasteiger partial charge is 0.369 e. The third-order valence-corrected chi connectivity index (χ3v) is 4.98. The van der Waals surface area contributed by atoms with Gasteiger partial charge in [-0.15, -0.1) is 0 Å². The van der Waals surface area contributed by atoms with Crippen LogP contribution in [0.2, 0.25) is 0 Å². The summed E-state index contributed by atoms with van der Waals surface area (Å²) in [6.45, 7) is 4.29. The molecule has 1 heterocycles. The smallest absolute Gasteiger partial charge is 0.323 e. The summed E-state index contributed by atoms with van der Waals surface area (Å²) in [5, 5.41) is 5.67. The lowest BCUT2D eigenvalue weighted by Crippen LogP contribution is -2.44. The Hall–Kier alpha value is -2.01. The summed E-state index contributed by atoms with van der Waals surface area (Å²) in [4.78, 5) is 16.6.